The molecule has 0 spiro atoms. The van der Waals surface area contributed by atoms with Crippen LogP contribution in [0.4, 0.5) is 8.78 Å². The number of hydrogen-bond donors (Lipinski definition) is 1. The lowest BCUT2D eigenvalue weighted by Crippen LogP contribution is -2.35. The van der Waals surface area contributed by atoms with Crippen molar-refractivity contribution < 1.29 is 22.0 Å². The molecule has 1 N–H and O–H groups in total. The number of hydrogen-bond acceptors (Lipinski definition) is 4. The van der Waals surface area contributed by atoms with Crippen molar-refractivity contribution in [3.05, 3.63) is 82.8 Å². The topological polar surface area (TPSA) is 84.3 Å². The van der Waals surface area contributed by atoms with Gasteiger partial charge in [0.05, 0.1) is 17.3 Å². The van der Waals surface area contributed by atoms with E-state index in [2.05, 4.69) is 10.3 Å². The number of halogens is 3. The number of aryl methyl sites for hydroxylation is 1. The third kappa shape index (κ3) is 4.92. The van der Waals surface area contributed by atoms with Crippen molar-refractivity contribution in [1.29, 1.82) is 0 Å². The summed E-state index contributed by atoms with van der Waals surface area (Å²) in [4.78, 5) is 17.0. The molecular formula is C22H21ClF2N4O3S. The van der Waals surface area contributed by atoms with Gasteiger partial charge in [-0.05, 0) is 35.4 Å². The Morgan fingerprint density at radius 1 is 1.18 bits per heavy atom. The number of amides is 1. The largest absolute Gasteiger partial charge is 0.352 e. The number of imidazole rings is 1. The van der Waals surface area contributed by atoms with E-state index in [1.807, 2.05) is 0 Å². The second kappa shape index (κ2) is 9.20. The van der Waals surface area contributed by atoms with Gasteiger partial charge in [0.1, 0.15) is 11.6 Å². The first kappa shape index (κ1) is 23.3. The SMILES string of the molecule is Cn1cnc(S(=O)(=O)N2C[C@H](C(=O)NCc3ccc(F)c(Cl)c3)[C@@H](c3ccc(F)cc3)C2)c1. The van der Waals surface area contributed by atoms with Crippen LogP contribution < -0.4 is 5.32 Å². The van der Waals surface area contributed by atoms with Gasteiger partial charge < -0.3 is 9.88 Å². The zero-order valence-corrected chi connectivity index (χ0v) is 19.2. The molecule has 11 heteroatoms. The van der Waals surface area contributed by atoms with Crippen LogP contribution in [0.5, 0.6) is 0 Å². The lowest BCUT2D eigenvalue weighted by atomic mass is 9.88. The van der Waals surface area contributed by atoms with E-state index in [4.69, 9.17) is 11.6 Å². The van der Waals surface area contributed by atoms with Crippen molar-refractivity contribution in [2.75, 3.05) is 13.1 Å². The van der Waals surface area contributed by atoms with Gasteiger partial charge in [-0.25, -0.2) is 22.2 Å². The quantitative estimate of drug-likeness (QED) is 0.571. The van der Waals surface area contributed by atoms with Crippen LogP contribution in [-0.2, 0) is 28.4 Å². The van der Waals surface area contributed by atoms with Gasteiger partial charge >= 0.3 is 0 Å². The summed E-state index contributed by atoms with van der Waals surface area (Å²) < 4.78 is 55.8. The predicted molar refractivity (Wildman–Crippen MR) is 118 cm³/mol. The molecule has 0 aliphatic carbocycles. The maximum absolute atomic E-state index is 13.5. The number of nitrogens with zero attached hydrogens (tertiary/aromatic N) is 3. The van der Waals surface area contributed by atoms with Crippen LogP contribution in [0.3, 0.4) is 0 Å². The van der Waals surface area contributed by atoms with Gasteiger partial charge in [0.15, 0.2) is 5.03 Å². The molecule has 1 fully saturated rings. The molecule has 3 aromatic rings. The minimum absolute atomic E-state index is 0.0466. The third-order valence-corrected chi connectivity index (χ3v) is 7.66. The molecule has 33 heavy (non-hydrogen) atoms. The molecule has 2 heterocycles. The minimum atomic E-state index is -3.92. The first-order valence-corrected chi connectivity index (χ1v) is 11.9. The van der Waals surface area contributed by atoms with Gasteiger partial charge in [-0.15, -0.1) is 0 Å². The second-order valence-electron chi connectivity index (χ2n) is 7.93. The zero-order valence-electron chi connectivity index (χ0n) is 17.6. The Kier molecular flexibility index (Phi) is 6.51. The van der Waals surface area contributed by atoms with E-state index in [-0.39, 0.29) is 35.6 Å². The van der Waals surface area contributed by atoms with E-state index < -0.39 is 33.5 Å². The Labute approximate surface area is 195 Å². The average molecular weight is 495 g/mol. The van der Waals surface area contributed by atoms with Crippen molar-refractivity contribution in [1.82, 2.24) is 19.2 Å². The fourth-order valence-corrected chi connectivity index (χ4v) is 5.56. The highest BCUT2D eigenvalue weighted by Gasteiger charge is 2.44. The van der Waals surface area contributed by atoms with Gasteiger partial charge in [0.25, 0.3) is 10.0 Å². The highest BCUT2D eigenvalue weighted by atomic mass is 35.5. The third-order valence-electron chi connectivity index (χ3n) is 5.66. The lowest BCUT2D eigenvalue weighted by Gasteiger charge is -2.18. The Balaban J connectivity index is 1.58. The van der Waals surface area contributed by atoms with E-state index in [9.17, 15) is 22.0 Å². The number of benzene rings is 2. The van der Waals surface area contributed by atoms with Gasteiger partial charge in [0, 0.05) is 38.8 Å². The summed E-state index contributed by atoms with van der Waals surface area (Å²) in [5, 5.41) is 2.62. The summed E-state index contributed by atoms with van der Waals surface area (Å²) in [5.74, 6) is -2.56. The Morgan fingerprint density at radius 3 is 2.55 bits per heavy atom. The van der Waals surface area contributed by atoms with Crippen molar-refractivity contribution in [3.63, 3.8) is 0 Å². The van der Waals surface area contributed by atoms with Gasteiger partial charge in [0.2, 0.25) is 5.91 Å². The van der Waals surface area contributed by atoms with Crippen LogP contribution in [0.15, 0.2) is 60.0 Å². The van der Waals surface area contributed by atoms with E-state index >= 15 is 0 Å². The summed E-state index contributed by atoms with van der Waals surface area (Å²) in [7, 11) is -2.26. The fraction of sp³-hybridized carbons (Fsp3) is 0.273. The van der Waals surface area contributed by atoms with Gasteiger partial charge in [-0.3, -0.25) is 4.79 Å². The highest BCUT2D eigenvalue weighted by molar-refractivity contribution is 7.89. The van der Waals surface area contributed by atoms with Crippen molar-refractivity contribution in [2.24, 2.45) is 13.0 Å². The van der Waals surface area contributed by atoms with E-state index in [1.54, 1.807) is 19.2 Å². The van der Waals surface area contributed by atoms with Crippen LogP contribution in [0.2, 0.25) is 5.02 Å². The number of nitrogens with one attached hydrogen (secondary N) is 1. The maximum Gasteiger partial charge on any atom is 0.262 e. The fourth-order valence-electron chi connectivity index (χ4n) is 3.90. The van der Waals surface area contributed by atoms with Crippen LogP contribution in [0.25, 0.3) is 0 Å². The summed E-state index contributed by atoms with van der Waals surface area (Å²) in [6, 6.07) is 9.80. The summed E-state index contributed by atoms with van der Waals surface area (Å²) in [6.45, 7) is 0.0838. The predicted octanol–water partition coefficient (Wildman–Crippen LogP) is 3.07. The standard InChI is InChI=1S/C22H21ClF2N4O3S/c1-28-12-21(27-13-28)33(31,32)29-10-17(15-3-5-16(24)6-4-15)18(11-29)22(30)26-9-14-2-7-20(25)19(23)8-14/h2-8,12-13,17-18H,9-11H2,1H3,(H,26,30)/t17-,18+/m1/s1. The average Bonchev–Trinajstić information content (AvgIpc) is 3.42. The zero-order chi connectivity index (χ0) is 23.8. The van der Waals surface area contributed by atoms with Crippen molar-refractivity contribution in [3.8, 4) is 0 Å². The molecule has 2 atom stereocenters. The van der Waals surface area contributed by atoms with Gasteiger partial charge in [-0.1, -0.05) is 29.8 Å². The lowest BCUT2D eigenvalue weighted by molar-refractivity contribution is -0.125. The number of carbonyl (C=O) groups is 1. The normalized spacial score (nSPS) is 19.0. The molecule has 2 aromatic carbocycles. The number of carbonyl (C=O) groups excluding carboxylic acids is 1. The van der Waals surface area contributed by atoms with Crippen LogP contribution >= 0.6 is 11.6 Å². The van der Waals surface area contributed by atoms with Crippen molar-refractivity contribution >= 4 is 27.5 Å². The molecule has 1 aliphatic rings. The molecule has 0 bridgehead atoms. The molecular weight excluding hydrogens is 474 g/mol. The first-order chi connectivity index (χ1) is 15.6. The second-order valence-corrected chi connectivity index (χ2v) is 10.2. The number of rotatable bonds is 6. The Morgan fingerprint density at radius 2 is 1.91 bits per heavy atom. The molecule has 0 unspecified atom stereocenters. The highest BCUT2D eigenvalue weighted by Crippen LogP contribution is 2.36. The molecule has 1 saturated heterocycles. The molecule has 7 nitrogen and oxygen atoms in total. The maximum atomic E-state index is 13.5. The minimum Gasteiger partial charge on any atom is -0.352 e. The summed E-state index contributed by atoms with van der Waals surface area (Å²) >= 11 is 5.80. The first-order valence-electron chi connectivity index (χ1n) is 10.1. The van der Waals surface area contributed by atoms with E-state index in [0.29, 0.717) is 11.1 Å². The van der Waals surface area contributed by atoms with Gasteiger partial charge in [-0.2, -0.15) is 4.31 Å². The molecule has 1 aromatic heterocycles. The molecule has 174 valence electrons. The molecule has 0 saturated carbocycles. The van der Waals surface area contributed by atoms with E-state index in [0.717, 1.165) is 0 Å². The summed E-state index contributed by atoms with van der Waals surface area (Å²) in [6.07, 6.45) is 2.78. The van der Waals surface area contributed by atoms with Crippen LogP contribution in [0.1, 0.15) is 17.0 Å². The molecule has 0 radical (unpaired) electrons. The number of sulfonamides is 1. The van der Waals surface area contributed by atoms with Crippen molar-refractivity contribution in [2.45, 2.75) is 17.5 Å². The molecule has 4 rings (SSSR count). The monoisotopic (exact) mass is 494 g/mol. The molecule has 1 amide bonds. The Bertz CT molecular complexity index is 1280. The molecule has 1 aliphatic heterocycles. The van der Waals surface area contributed by atoms with Crippen LogP contribution in [0, 0.1) is 17.6 Å². The van der Waals surface area contributed by atoms with E-state index in [1.165, 1.54) is 51.7 Å². The van der Waals surface area contributed by atoms with Crippen LogP contribution in [-0.4, -0.2) is 41.3 Å². The number of aromatic nitrogens is 2. The summed E-state index contributed by atoms with van der Waals surface area (Å²) in [5.41, 5.74) is 1.25. The smallest absolute Gasteiger partial charge is 0.262 e. The Hall–Kier alpha value is -2.82.